The first-order chi connectivity index (χ1) is 7.60. The molecule has 86 valence electrons. The van der Waals surface area contributed by atoms with Crippen LogP contribution in [0.25, 0.3) is 0 Å². The number of ketones is 1. The number of ether oxygens (including phenoxy) is 2. The zero-order chi connectivity index (χ0) is 12.1. The molecule has 0 atom stereocenters. The third kappa shape index (κ3) is 2.56. The molecule has 0 aliphatic carbocycles. The van der Waals surface area contributed by atoms with E-state index < -0.39 is 11.8 Å². The van der Waals surface area contributed by atoms with Crippen LogP contribution < -0.4 is 4.74 Å². The molecule has 0 saturated carbocycles. The number of Topliss-reactive ketones (excluding diaryl/α,β-unsaturated/α-hetero) is 1. The van der Waals surface area contributed by atoms with Crippen LogP contribution in [0.5, 0.6) is 5.88 Å². The standard InChI is InChI=1S/C11H13NO4/c1-4-16-11(14)10(13)8-5-6-9(15-3)12-7(8)2/h5-6H,4H2,1-3H3. The largest absolute Gasteiger partial charge is 0.481 e. The fourth-order valence-electron chi connectivity index (χ4n) is 1.20. The molecule has 16 heavy (non-hydrogen) atoms. The molecule has 0 saturated heterocycles. The van der Waals surface area contributed by atoms with Gasteiger partial charge in [-0.2, -0.15) is 0 Å². The van der Waals surface area contributed by atoms with Crippen molar-refractivity contribution in [1.29, 1.82) is 0 Å². The van der Waals surface area contributed by atoms with Crippen molar-refractivity contribution in [2.45, 2.75) is 13.8 Å². The molecule has 0 bridgehead atoms. The van der Waals surface area contributed by atoms with E-state index in [1.54, 1.807) is 13.8 Å². The lowest BCUT2D eigenvalue weighted by molar-refractivity contribution is -0.137. The molecule has 5 nitrogen and oxygen atoms in total. The van der Waals surface area contributed by atoms with Crippen LogP contribution in [0.3, 0.4) is 0 Å². The number of aryl methyl sites for hydroxylation is 1. The first-order valence-electron chi connectivity index (χ1n) is 4.83. The molecule has 1 aromatic heterocycles. The van der Waals surface area contributed by atoms with Crippen molar-refractivity contribution in [3.05, 3.63) is 23.4 Å². The molecule has 0 N–H and O–H groups in total. The molecule has 0 aliphatic rings. The fourth-order valence-corrected chi connectivity index (χ4v) is 1.20. The van der Waals surface area contributed by atoms with Gasteiger partial charge in [0.05, 0.1) is 25.0 Å². The molecule has 0 amide bonds. The van der Waals surface area contributed by atoms with Gasteiger partial charge in [0, 0.05) is 6.07 Å². The number of aromatic nitrogens is 1. The number of carbonyl (C=O) groups is 2. The molecule has 5 heteroatoms. The number of esters is 1. The van der Waals surface area contributed by atoms with E-state index in [1.165, 1.54) is 19.2 Å². The van der Waals surface area contributed by atoms with Crippen LogP contribution in [0.15, 0.2) is 12.1 Å². The second-order valence-corrected chi connectivity index (χ2v) is 3.04. The van der Waals surface area contributed by atoms with E-state index in [9.17, 15) is 9.59 Å². The van der Waals surface area contributed by atoms with E-state index in [4.69, 9.17) is 4.74 Å². The molecule has 0 radical (unpaired) electrons. The normalized spacial score (nSPS) is 9.69. The Labute approximate surface area is 93.4 Å². The minimum atomic E-state index is -0.863. The minimum Gasteiger partial charge on any atom is -0.481 e. The molecule has 0 aromatic carbocycles. The monoisotopic (exact) mass is 223 g/mol. The van der Waals surface area contributed by atoms with Gasteiger partial charge in [-0.3, -0.25) is 4.79 Å². The van der Waals surface area contributed by atoms with Crippen LogP contribution >= 0.6 is 0 Å². The van der Waals surface area contributed by atoms with Gasteiger partial charge in [0.1, 0.15) is 0 Å². The maximum Gasteiger partial charge on any atom is 0.379 e. The van der Waals surface area contributed by atoms with Gasteiger partial charge in [-0.05, 0) is 19.9 Å². The van der Waals surface area contributed by atoms with E-state index in [-0.39, 0.29) is 12.2 Å². The maximum atomic E-state index is 11.6. The predicted octanol–water partition coefficient (Wildman–Crippen LogP) is 1.14. The van der Waals surface area contributed by atoms with Crippen LogP contribution in [-0.4, -0.2) is 30.5 Å². The van der Waals surface area contributed by atoms with Crippen molar-refractivity contribution in [3.8, 4) is 5.88 Å². The van der Waals surface area contributed by atoms with Crippen LogP contribution in [0, 0.1) is 6.92 Å². The van der Waals surface area contributed by atoms with E-state index in [0.717, 1.165) is 0 Å². The van der Waals surface area contributed by atoms with Crippen molar-refractivity contribution in [3.63, 3.8) is 0 Å². The summed E-state index contributed by atoms with van der Waals surface area (Å²) in [4.78, 5) is 26.8. The van der Waals surface area contributed by atoms with Crippen molar-refractivity contribution in [2.75, 3.05) is 13.7 Å². The van der Waals surface area contributed by atoms with Crippen LogP contribution in [-0.2, 0) is 9.53 Å². The lowest BCUT2D eigenvalue weighted by Gasteiger charge is -2.05. The molecule has 0 aliphatic heterocycles. The number of hydrogen-bond donors (Lipinski definition) is 0. The smallest absolute Gasteiger partial charge is 0.379 e. The highest BCUT2D eigenvalue weighted by molar-refractivity contribution is 6.40. The molecule has 1 heterocycles. The van der Waals surface area contributed by atoms with Crippen LogP contribution in [0.2, 0.25) is 0 Å². The molecule has 0 spiro atoms. The van der Waals surface area contributed by atoms with Gasteiger partial charge in [0.2, 0.25) is 5.88 Å². The van der Waals surface area contributed by atoms with Gasteiger partial charge in [0.15, 0.2) is 0 Å². The number of hydrogen-bond acceptors (Lipinski definition) is 5. The van der Waals surface area contributed by atoms with Crippen LogP contribution in [0.1, 0.15) is 23.0 Å². The summed E-state index contributed by atoms with van der Waals surface area (Å²) in [6, 6.07) is 3.03. The molecule has 0 unspecified atom stereocenters. The first kappa shape index (κ1) is 12.2. The van der Waals surface area contributed by atoms with E-state index in [1.807, 2.05) is 0 Å². The highest BCUT2D eigenvalue weighted by atomic mass is 16.5. The third-order valence-electron chi connectivity index (χ3n) is 1.97. The van der Waals surface area contributed by atoms with Gasteiger partial charge in [-0.25, -0.2) is 9.78 Å². The van der Waals surface area contributed by atoms with Gasteiger partial charge in [-0.1, -0.05) is 0 Å². The van der Waals surface area contributed by atoms with Crippen molar-refractivity contribution in [1.82, 2.24) is 4.98 Å². The zero-order valence-electron chi connectivity index (χ0n) is 9.44. The summed E-state index contributed by atoms with van der Waals surface area (Å²) in [6.07, 6.45) is 0. The summed E-state index contributed by atoms with van der Waals surface area (Å²) in [5.74, 6) is -1.15. The molecule has 1 rings (SSSR count). The summed E-state index contributed by atoms with van der Waals surface area (Å²) in [5, 5.41) is 0. The van der Waals surface area contributed by atoms with Gasteiger partial charge < -0.3 is 9.47 Å². The molecule has 0 fully saturated rings. The SMILES string of the molecule is CCOC(=O)C(=O)c1ccc(OC)nc1C. The van der Waals surface area contributed by atoms with Gasteiger partial charge in [0.25, 0.3) is 5.78 Å². The minimum absolute atomic E-state index is 0.174. The second-order valence-electron chi connectivity index (χ2n) is 3.04. The Bertz CT molecular complexity index is 414. The number of nitrogens with zero attached hydrogens (tertiary/aromatic N) is 1. The van der Waals surface area contributed by atoms with Crippen molar-refractivity contribution in [2.24, 2.45) is 0 Å². The summed E-state index contributed by atoms with van der Waals surface area (Å²) in [6.45, 7) is 3.45. The van der Waals surface area contributed by atoms with Gasteiger partial charge >= 0.3 is 5.97 Å². The summed E-state index contributed by atoms with van der Waals surface area (Å²) in [7, 11) is 1.48. The Balaban J connectivity index is 2.96. The Hall–Kier alpha value is -1.91. The number of methoxy groups -OCH3 is 1. The highest BCUT2D eigenvalue weighted by Crippen LogP contribution is 2.13. The molecule has 1 aromatic rings. The van der Waals surface area contributed by atoms with Crippen molar-refractivity contribution < 1.29 is 19.1 Å². The zero-order valence-corrected chi connectivity index (χ0v) is 9.44. The first-order valence-corrected chi connectivity index (χ1v) is 4.83. The average molecular weight is 223 g/mol. The molecular formula is C11H13NO4. The topological polar surface area (TPSA) is 65.5 Å². The number of carbonyl (C=O) groups excluding carboxylic acids is 2. The summed E-state index contributed by atoms with van der Waals surface area (Å²) < 4.78 is 9.52. The van der Waals surface area contributed by atoms with E-state index >= 15 is 0 Å². The third-order valence-corrected chi connectivity index (χ3v) is 1.97. The highest BCUT2D eigenvalue weighted by Gasteiger charge is 2.20. The molecular weight excluding hydrogens is 210 g/mol. The maximum absolute atomic E-state index is 11.6. The Morgan fingerprint density at radius 3 is 2.56 bits per heavy atom. The van der Waals surface area contributed by atoms with E-state index in [2.05, 4.69) is 9.72 Å². The Kier molecular flexibility index (Phi) is 3.99. The summed E-state index contributed by atoms with van der Waals surface area (Å²) >= 11 is 0. The van der Waals surface area contributed by atoms with Crippen molar-refractivity contribution >= 4 is 11.8 Å². The second kappa shape index (κ2) is 5.25. The van der Waals surface area contributed by atoms with E-state index in [0.29, 0.717) is 11.6 Å². The van der Waals surface area contributed by atoms with Crippen LogP contribution in [0.4, 0.5) is 0 Å². The van der Waals surface area contributed by atoms with Gasteiger partial charge in [-0.15, -0.1) is 0 Å². The lowest BCUT2D eigenvalue weighted by Crippen LogP contribution is -2.19. The number of pyridine rings is 1. The summed E-state index contributed by atoms with van der Waals surface area (Å²) in [5.41, 5.74) is 0.677. The Morgan fingerprint density at radius 2 is 2.06 bits per heavy atom. The predicted molar refractivity (Wildman–Crippen MR) is 56.5 cm³/mol. The number of rotatable bonds is 4. The lowest BCUT2D eigenvalue weighted by atomic mass is 10.1. The Morgan fingerprint density at radius 1 is 1.38 bits per heavy atom. The quantitative estimate of drug-likeness (QED) is 0.435. The fraction of sp³-hybridized carbons (Fsp3) is 0.364. The average Bonchev–Trinajstić information content (AvgIpc) is 2.28.